The third-order valence-electron chi connectivity index (χ3n) is 4.16. The molecular weight excluding hydrogens is 418 g/mol. The minimum Gasteiger partial charge on any atom is -0.493 e. The summed E-state index contributed by atoms with van der Waals surface area (Å²) in [5.41, 5.74) is 6.99. The van der Waals surface area contributed by atoms with Crippen molar-refractivity contribution in [3.8, 4) is 17.2 Å². The lowest BCUT2D eigenvalue weighted by molar-refractivity contribution is 0.0502. The van der Waals surface area contributed by atoms with Crippen molar-refractivity contribution in [2.24, 2.45) is 10.7 Å². The van der Waals surface area contributed by atoms with Gasteiger partial charge in [0.1, 0.15) is 6.61 Å². The first kappa shape index (κ1) is 24.2. The number of methoxy groups -OCH3 is 2. The number of hydrogen-bond donors (Lipinski definition) is 3. The summed E-state index contributed by atoms with van der Waals surface area (Å²) < 4.78 is 22.0. The molecule has 0 heterocycles. The standard InChI is InChI=1S/C22H29N3O5S/c1-27-18-13-17(21(26)29-11-6-9-24-22(23)25-10-12-31)14-19(28-2)20(18)30-15-16-7-4-3-5-8-16/h3-5,7-8,13-14,31H,6,9-12,15H2,1-2H3,(H3,23,24,25). The monoisotopic (exact) mass is 447 g/mol. The summed E-state index contributed by atoms with van der Waals surface area (Å²) in [7, 11) is 3.01. The fourth-order valence-electron chi connectivity index (χ4n) is 2.62. The number of hydrogen-bond acceptors (Lipinski definition) is 7. The highest BCUT2D eigenvalue weighted by Crippen LogP contribution is 2.39. The first-order valence-electron chi connectivity index (χ1n) is 9.83. The average Bonchev–Trinajstić information content (AvgIpc) is 2.81. The molecule has 0 aliphatic rings. The summed E-state index contributed by atoms with van der Waals surface area (Å²) in [6, 6.07) is 12.9. The molecule has 31 heavy (non-hydrogen) atoms. The maximum absolute atomic E-state index is 12.5. The van der Waals surface area contributed by atoms with Crippen LogP contribution in [0.5, 0.6) is 17.2 Å². The van der Waals surface area contributed by atoms with Crippen molar-refractivity contribution in [2.75, 3.05) is 39.7 Å². The average molecular weight is 448 g/mol. The molecule has 0 bridgehead atoms. The molecule has 0 atom stereocenters. The highest BCUT2D eigenvalue weighted by Gasteiger charge is 2.18. The lowest BCUT2D eigenvalue weighted by Crippen LogP contribution is -2.33. The van der Waals surface area contributed by atoms with Gasteiger partial charge in [-0.3, -0.25) is 4.99 Å². The molecule has 0 unspecified atom stereocenters. The molecule has 0 saturated heterocycles. The molecule has 2 aromatic carbocycles. The number of nitrogens with zero attached hydrogens (tertiary/aromatic N) is 1. The van der Waals surface area contributed by atoms with Crippen molar-refractivity contribution in [3.63, 3.8) is 0 Å². The van der Waals surface area contributed by atoms with E-state index in [0.717, 1.165) is 5.56 Å². The number of aliphatic imine (C=N–C) groups is 1. The first-order valence-corrected chi connectivity index (χ1v) is 10.5. The molecule has 9 heteroatoms. The maximum atomic E-state index is 12.5. The Morgan fingerprint density at radius 2 is 1.81 bits per heavy atom. The van der Waals surface area contributed by atoms with Crippen LogP contribution in [0.25, 0.3) is 0 Å². The molecule has 2 aromatic rings. The van der Waals surface area contributed by atoms with Gasteiger partial charge in [0.15, 0.2) is 17.5 Å². The van der Waals surface area contributed by atoms with Crippen molar-refractivity contribution in [1.29, 1.82) is 0 Å². The van der Waals surface area contributed by atoms with Crippen LogP contribution in [0.1, 0.15) is 22.3 Å². The van der Waals surface area contributed by atoms with Gasteiger partial charge in [-0.15, -0.1) is 0 Å². The van der Waals surface area contributed by atoms with E-state index in [1.54, 1.807) is 12.1 Å². The predicted molar refractivity (Wildman–Crippen MR) is 124 cm³/mol. The van der Waals surface area contributed by atoms with Crippen LogP contribution in [-0.2, 0) is 11.3 Å². The van der Waals surface area contributed by atoms with Crippen LogP contribution < -0.4 is 25.3 Å². The van der Waals surface area contributed by atoms with E-state index in [0.29, 0.717) is 60.6 Å². The minimum atomic E-state index is -0.489. The number of thiol groups is 1. The van der Waals surface area contributed by atoms with Crippen LogP contribution in [0.4, 0.5) is 0 Å². The molecule has 0 fully saturated rings. The van der Waals surface area contributed by atoms with Crippen LogP contribution in [0.2, 0.25) is 0 Å². The third-order valence-corrected chi connectivity index (χ3v) is 4.38. The number of benzene rings is 2. The van der Waals surface area contributed by atoms with Gasteiger partial charge in [0.25, 0.3) is 0 Å². The Morgan fingerprint density at radius 1 is 1.13 bits per heavy atom. The van der Waals surface area contributed by atoms with E-state index in [4.69, 9.17) is 24.7 Å². The summed E-state index contributed by atoms with van der Waals surface area (Å²) in [6.45, 7) is 1.63. The fraction of sp³-hybridized carbons (Fsp3) is 0.364. The molecule has 0 saturated carbocycles. The summed E-state index contributed by atoms with van der Waals surface area (Å²) in [5, 5.41) is 2.91. The summed E-state index contributed by atoms with van der Waals surface area (Å²) in [6.07, 6.45) is 0.543. The molecule has 0 spiro atoms. The smallest absolute Gasteiger partial charge is 0.338 e. The lowest BCUT2D eigenvalue weighted by atomic mass is 10.1. The Morgan fingerprint density at radius 3 is 2.42 bits per heavy atom. The van der Waals surface area contributed by atoms with E-state index in [1.807, 2.05) is 30.3 Å². The van der Waals surface area contributed by atoms with Crippen molar-refractivity contribution in [3.05, 3.63) is 53.6 Å². The van der Waals surface area contributed by atoms with Crippen LogP contribution in [0.3, 0.4) is 0 Å². The van der Waals surface area contributed by atoms with E-state index in [2.05, 4.69) is 22.9 Å². The van der Waals surface area contributed by atoms with Crippen molar-refractivity contribution >= 4 is 24.6 Å². The Labute approximate surface area is 188 Å². The number of carbonyl (C=O) groups excluding carboxylic acids is 1. The van der Waals surface area contributed by atoms with Gasteiger partial charge in [-0.25, -0.2) is 4.79 Å². The van der Waals surface area contributed by atoms with Crippen LogP contribution in [0.15, 0.2) is 47.5 Å². The molecule has 0 amide bonds. The van der Waals surface area contributed by atoms with Gasteiger partial charge >= 0.3 is 5.97 Å². The molecule has 3 N–H and O–H groups in total. The number of carbonyl (C=O) groups is 1. The third kappa shape index (κ3) is 7.93. The van der Waals surface area contributed by atoms with Gasteiger partial charge in [-0.1, -0.05) is 30.3 Å². The highest BCUT2D eigenvalue weighted by molar-refractivity contribution is 7.80. The van der Waals surface area contributed by atoms with Gasteiger partial charge in [-0.05, 0) is 17.7 Å². The Balaban J connectivity index is 1.97. The van der Waals surface area contributed by atoms with Crippen molar-refractivity contribution < 1.29 is 23.7 Å². The van der Waals surface area contributed by atoms with E-state index in [9.17, 15) is 4.79 Å². The summed E-state index contributed by atoms with van der Waals surface area (Å²) in [4.78, 5) is 16.6. The van der Waals surface area contributed by atoms with E-state index in [-0.39, 0.29) is 6.61 Å². The van der Waals surface area contributed by atoms with Crippen molar-refractivity contribution in [2.45, 2.75) is 13.0 Å². The van der Waals surface area contributed by atoms with Gasteiger partial charge in [0.2, 0.25) is 5.75 Å². The summed E-state index contributed by atoms with van der Waals surface area (Å²) >= 11 is 4.08. The molecule has 0 radical (unpaired) electrons. The molecule has 0 aromatic heterocycles. The molecule has 8 nitrogen and oxygen atoms in total. The lowest BCUT2D eigenvalue weighted by Gasteiger charge is -2.16. The molecule has 0 aliphatic carbocycles. The molecule has 168 valence electrons. The fourth-order valence-corrected chi connectivity index (χ4v) is 2.73. The van der Waals surface area contributed by atoms with Gasteiger partial charge in [0, 0.05) is 25.3 Å². The van der Waals surface area contributed by atoms with E-state index in [1.165, 1.54) is 14.2 Å². The number of guanidine groups is 1. The second kappa shape index (κ2) is 13.3. The zero-order valence-corrected chi connectivity index (χ0v) is 18.7. The van der Waals surface area contributed by atoms with E-state index < -0.39 is 5.97 Å². The van der Waals surface area contributed by atoms with Crippen molar-refractivity contribution in [1.82, 2.24) is 5.32 Å². The van der Waals surface area contributed by atoms with E-state index >= 15 is 0 Å². The number of esters is 1. The number of ether oxygens (including phenoxy) is 4. The minimum absolute atomic E-state index is 0.207. The number of nitrogens with one attached hydrogen (secondary N) is 1. The Hall–Kier alpha value is -3.07. The molecule has 2 rings (SSSR count). The first-order chi connectivity index (χ1) is 15.1. The normalized spacial score (nSPS) is 11.0. The Bertz CT molecular complexity index is 836. The number of nitrogens with two attached hydrogens (primary N) is 1. The van der Waals surface area contributed by atoms with Gasteiger partial charge in [-0.2, -0.15) is 12.6 Å². The largest absolute Gasteiger partial charge is 0.493 e. The molecular formula is C22H29N3O5S. The van der Waals surface area contributed by atoms with Crippen LogP contribution in [-0.4, -0.2) is 51.6 Å². The van der Waals surface area contributed by atoms with Gasteiger partial charge in [0.05, 0.1) is 26.4 Å². The number of rotatable bonds is 12. The van der Waals surface area contributed by atoms with Crippen LogP contribution >= 0.6 is 12.6 Å². The van der Waals surface area contributed by atoms with Crippen LogP contribution in [0, 0.1) is 0 Å². The molecule has 0 aliphatic heterocycles. The van der Waals surface area contributed by atoms with Gasteiger partial charge < -0.3 is 30.0 Å². The topological polar surface area (TPSA) is 104 Å². The quantitative estimate of drug-likeness (QED) is 0.151. The Kier molecular flexibility index (Phi) is 10.4. The zero-order chi connectivity index (χ0) is 22.5. The second-order valence-electron chi connectivity index (χ2n) is 6.39. The highest BCUT2D eigenvalue weighted by atomic mass is 32.1. The second-order valence-corrected chi connectivity index (χ2v) is 6.84. The summed E-state index contributed by atoms with van der Waals surface area (Å²) in [5.74, 6) is 1.71. The predicted octanol–water partition coefficient (Wildman–Crippen LogP) is 2.66. The SMILES string of the molecule is COc1cc(C(=O)OCCCN=C(N)NCCS)cc(OC)c1OCc1ccccc1. The zero-order valence-electron chi connectivity index (χ0n) is 17.8. The maximum Gasteiger partial charge on any atom is 0.338 e.